The molecule has 1 aromatic heterocycles. The summed E-state index contributed by atoms with van der Waals surface area (Å²) in [6.45, 7) is 7.20. The van der Waals surface area contributed by atoms with Gasteiger partial charge in [0.15, 0.2) is 11.6 Å². The lowest BCUT2D eigenvalue weighted by molar-refractivity contribution is -0.149. The Hall–Kier alpha value is -3.95. The topological polar surface area (TPSA) is 154 Å². The van der Waals surface area contributed by atoms with Crippen molar-refractivity contribution in [3.8, 4) is 11.8 Å². The largest absolute Gasteiger partial charge is 0.472 e. The van der Waals surface area contributed by atoms with E-state index >= 15 is 4.39 Å². The van der Waals surface area contributed by atoms with E-state index in [0.29, 0.717) is 24.3 Å². The number of likely N-dealkylation sites (tertiary alicyclic amines) is 2. The number of aromatic nitrogens is 1. The van der Waals surface area contributed by atoms with Gasteiger partial charge in [-0.15, -0.1) is 0 Å². The number of nitriles is 1. The molecule has 3 aliphatic heterocycles. The molecule has 2 aliphatic carbocycles. The van der Waals surface area contributed by atoms with Crippen molar-refractivity contribution in [2.24, 2.45) is 29.1 Å². The first-order valence-corrected chi connectivity index (χ1v) is 14.7. The fraction of sp³-hybridized carbons (Fsp3) is 0.667. The Balaban J connectivity index is 1.34. The zero-order chi connectivity index (χ0) is 31.0. The van der Waals surface area contributed by atoms with Gasteiger partial charge in [-0.3, -0.25) is 14.4 Å². The van der Waals surface area contributed by atoms with E-state index in [1.54, 1.807) is 39.8 Å². The smallest absolute Gasteiger partial charge is 0.407 e. The molecule has 4 heterocycles. The second-order valence-electron chi connectivity index (χ2n) is 13.7. The summed E-state index contributed by atoms with van der Waals surface area (Å²) in [5, 5.41) is 15.5. The second-order valence-corrected chi connectivity index (χ2v) is 13.7. The normalized spacial score (nSPS) is 34.6. The lowest BCUT2D eigenvalue weighted by atomic mass is 9.77. The predicted molar refractivity (Wildman–Crippen MR) is 149 cm³/mol. The molecule has 230 valence electrons. The molecule has 13 heteroatoms. The maximum absolute atomic E-state index is 15.2. The molecular weight excluding hydrogens is 559 g/mol. The van der Waals surface area contributed by atoms with E-state index in [2.05, 4.69) is 21.7 Å². The Morgan fingerprint density at radius 2 is 2.00 bits per heavy atom. The van der Waals surface area contributed by atoms with Gasteiger partial charge in [0, 0.05) is 18.7 Å². The van der Waals surface area contributed by atoms with Gasteiger partial charge in [0.05, 0.1) is 19.7 Å². The van der Waals surface area contributed by atoms with Gasteiger partial charge in [-0.05, 0) is 61.0 Å². The number of fused-ring (bicyclic) bond motifs is 6. The van der Waals surface area contributed by atoms with Crippen molar-refractivity contribution < 1.29 is 33.0 Å². The number of alkyl carbamates (subject to hydrolysis) is 1. The number of halogens is 1. The number of amides is 4. The Bertz CT molecular complexity index is 1420. The summed E-state index contributed by atoms with van der Waals surface area (Å²) < 4.78 is 26.1. The maximum Gasteiger partial charge on any atom is 0.407 e. The molecule has 2 bridgehead atoms. The molecule has 0 radical (unpaired) electrons. The van der Waals surface area contributed by atoms with Gasteiger partial charge in [-0.2, -0.15) is 5.26 Å². The van der Waals surface area contributed by atoms with Crippen LogP contribution in [-0.2, 0) is 19.1 Å². The molecule has 2 saturated carbocycles. The molecule has 12 nitrogen and oxygen atoms in total. The highest BCUT2D eigenvalue weighted by molar-refractivity contribution is 6.01. The van der Waals surface area contributed by atoms with Crippen molar-refractivity contribution >= 4 is 29.6 Å². The number of nitrogens with one attached hydrogen (secondary N) is 2. The monoisotopic (exact) mass is 596 g/mol. The molecule has 5 aliphatic rings. The molecule has 0 aromatic carbocycles. The van der Waals surface area contributed by atoms with Crippen LogP contribution < -0.4 is 15.4 Å². The summed E-state index contributed by atoms with van der Waals surface area (Å²) in [5.74, 6) is -1.76. The third-order valence-corrected chi connectivity index (χ3v) is 10.1. The van der Waals surface area contributed by atoms with E-state index in [0.717, 1.165) is 0 Å². The predicted octanol–water partition coefficient (Wildman–Crippen LogP) is 2.18. The van der Waals surface area contributed by atoms with Gasteiger partial charge in [0.2, 0.25) is 17.4 Å². The van der Waals surface area contributed by atoms with Crippen LogP contribution in [0.25, 0.3) is 0 Å². The average Bonchev–Trinajstić information content (AvgIpc) is 3.70. The van der Waals surface area contributed by atoms with E-state index in [1.807, 2.05) is 0 Å². The Kier molecular flexibility index (Phi) is 6.82. The van der Waals surface area contributed by atoms with Crippen LogP contribution in [0.4, 0.5) is 15.0 Å². The first-order chi connectivity index (χ1) is 20.3. The van der Waals surface area contributed by atoms with Gasteiger partial charge >= 0.3 is 6.09 Å². The van der Waals surface area contributed by atoms with Gasteiger partial charge in [-0.25, -0.2) is 14.2 Å². The first kappa shape index (κ1) is 29.1. The highest BCUT2D eigenvalue weighted by Crippen LogP contribution is 2.59. The van der Waals surface area contributed by atoms with Crippen molar-refractivity contribution in [1.29, 1.82) is 5.26 Å². The average molecular weight is 597 g/mol. The van der Waals surface area contributed by atoms with Crippen molar-refractivity contribution in [2.75, 3.05) is 25.5 Å². The van der Waals surface area contributed by atoms with Crippen LogP contribution in [0.3, 0.4) is 0 Å². The highest BCUT2D eigenvalue weighted by atomic mass is 19.1. The Morgan fingerprint density at radius 3 is 2.67 bits per heavy atom. The number of hydrogen-bond donors (Lipinski definition) is 2. The zero-order valence-corrected chi connectivity index (χ0v) is 24.9. The van der Waals surface area contributed by atoms with Crippen LogP contribution in [0.2, 0.25) is 0 Å². The van der Waals surface area contributed by atoms with E-state index in [4.69, 9.17) is 9.47 Å². The number of aryl methyl sites for hydroxylation is 1. The standard InChI is InChI=1S/C30H37FN6O6/c1-14-6-7-20-24(33-14)35-27(40)30(43-20)10-16(11-32)37(13-30)25(38)22-21-17-8-15(9-19(17)31)18(21)12-36(22)26(39)23(29(2,3)4)34-28(41)42-5/h6-7,15-19,21-23H,8-10,12-13H2,1-5H3,(H,34,41)(H,33,35,40)/t15-,16-,17+,18+,19+,21-,22-,23+,30+/m0/s1. The maximum atomic E-state index is 15.2. The van der Waals surface area contributed by atoms with Gasteiger partial charge in [-0.1, -0.05) is 20.8 Å². The molecule has 1 spiro atoms. The number of nitrogens with zero attached hydrogens (tertiary/aromatic N) is 4. The summed E-state index contributed by atoms with van der Waals surface area (Å²) >= 11 is 0. The molecule has 0 unspecified atom stereocenters. The van der Waals surface area contributed by atoms with E-state index in [9.17, 15) is 24.4 Å². The number of rotatable bonds is 3. The lowest BCUT2D eigenvalue weighted by Crippen LogP contribution is -2.60. The van der Waals surface area contributed by atoms with Crippen LogP contribution >= 0.6 is 0 Å². The summed E-state index contributed by atoms with van der Waals surface area (Å²) in [5.41, 5.74) is -1.58. The summed E-state index contributed by atoms with van der Waals surface area (Å²) in [7, 11) is 1.20. The number of carbonyl (C=O) groups is 4. The lowest BCUT2D eigenvalue weighted by Gasteiger charge is -2.38. The molecule has 2 saturated heterocycles. The van der Waals surface area contributed by atoms with E-state index in [1.165, 1.54) is 16.9 Å². The number of methoxy groups -OCH3 is 1. The molecule has 9 atom stereocenters. The minimum absolute atomic E-state index is 0.0383. The Labute approximate surface area is 249 Å². The van der Waals surface area contributed by atoms with E-state index < -0.39 is 71.0 Å². The number of carbonyl (C=O) groups excluding carboxylic acids is 4. The number of alkyl halides is 1. The third kappa shape index (κ3) is 4.57. The molecular formula is C30H37FN6O6. The zero-order valence-electron chi connectivity index (χ0n) is 24.9. The molecule has 4 amide bonds. The first-order valence-electron chi connectivity index (χ1n) is 14.7. The molecule has 4 fully saturated rings. The number of anilines is 1. The SMILES string of the molecule is COC(=O)N[C@H](C(=O)N1C[C@@H]2[C@H]3C[C@@H]([C@@H]2[C@H]1C(=O)N1C[C@@]2(C[C@H]1C#N)Oc1ccc(C)nc1NC2=O)[C@H](F)C3)C(C)(C)C. The van der Waals surface area contributed by atoms with Crippen LogP contribution in [0.15, 0.2) is 12.1 Å². The molecule has 2 N–H and O–H groups in total. The van der Waals surface area contributed by atoms with Crippen LogP contribution in [0.1, 0.15) is 45.7 Å². The third-order valence-electron chi connectivity index (χ3n) is 10.1. The fourth-order valence-corrected chi connectivity index (χ4v) is 8.06. The van der Waals surface area contributed by atoms with Crippen LogP contribution in [0, 0.1) is 47.3 Å². The minimum atomic E-state index is -1.52. The van der Waals surface area contributed by atoms with Crippen molar-refractivity contribution in [1.82, 2.24) is 20.1 Å². The number of hydrogen-bond acceptors (Lipinski definition) is 8. The molecule has 6 rings (SSSR count). The minimum Gasteiger partial charge on any atom is -0.472 e. The quantitative estimate of drug-likeness (QED) is 0.538. The number of pyridine rings is 1. The molecule has 43 heavy (non-hydrogen) atoms. The van der Waals surface area contributed by atoms with Gasteiger partial charge in [0.1, 0.15) is 24.3 Å². The van der Waals surface area contributed by atoms with Crippen molar-refractivity contribution in [2.45, 2.75) is 76.9 Å². The fourth-order valence-electron chi connectivity index (χ4n) is 8.06. The van der Waals surface area contributed by atoms with Gasteiger partial charge < -0.3 is 29.9 Å². The Morgan fingerprint density at radius 1 is 1.26 bits per heavy atom. The van der Waals surface area contributed by atoms with Gasteiger partial charge in [0.25, 0.3) is 5.91 Å². The van der Waals surface area contributed by atoms with Crippen LogP contribution in [-0.4, -0.2) is 88.7 Å². The van der Waals surface area contributed by atoms with E-state index in [-0.39, 0.29) is 37.2 Å². The highest BCUT2D eigenvalue weighted by Gasteiger charge is 2.65. The summed E-state index contributed by atoms with van der Waals surface area (Å²) in [4.78, 5) is 61.5. The summed E-state index contributed by atoms with van der Waals surface area (Å²) in [6, 6.07) is 2.48. The molecule has 1 aromatic rings. The number of ether oxygens (including phenoxy) is 2. The second kappa shape index (κ2) is 10.1. The summed E-state index contributed by atoms with van der Waals surface area (Å²) in [6.07, 6.45) is -0.899. The van der Waals surface area contributed by atoms with Crippen molar-refractivity contribution in [3.63, 3.8) is 0 Å². The van der Waals surface area contributed by atoms with Crippen molar-refractivity contribution in [3.05, 3.63) is 17.8 Å². The van der Waals surface area contributed by atoms with Crippen LogP contribution in [0.5, 0.6) is 5.75 Å².